The lowest BCUT2D eigenvalue weighted by atomic mass is 10.2. The molecule has 0 fully saturated rings. The molecule has 0 aliphatic rings. The summed E-state index contributed by atoms with van der Waals surface area (Å²) in [6, 6.07) is 4.45. The van der Waals surface area contributed by atoms with Gasteiger partial charge in [-0.1, -0.05) is 6.07 Å². The summed E-state index contributed by atoms with van der Waals surface area (Å²) in [5.41, 5.74) is 7.79. The Kier molecular flexibility index (Phi) is 1.39. The van der Waals surface area contributed by atoms with Gasteiger partial charge in [-0.3, -0.25) is 0 Å². The van der Waals surface area contributed by atoms with Crippen LogP contribution in [0.15, 0.2) is 18.2 Å². The highest BCUT2D eigenvalue weighted by molar-refractivity contribution is 5.42. The van der Waals surface area contributed by atoms with E-state index >= 15 is 0 Å². The van der Waals surface area contributed by atoms with Gasteiger partial charge in [0.05, 0.1) is 5.69 Å². The van der Waals surface area contributed by atoms with Gasteiger partial charge in [0.2, 0.25) is 0 Å². The maximum Gasteiger partial charge on any atom is 0.128 e. The predicted octanol–water partition coefficient (Wildman–Crippen LogP) is 2.05. The van der Waals surface area contributed by atoms with Crippen LogP contribution in [0.2, 0.25) is 0 Å². The van der Waals surface area contributed by atoms with Crippen LogP contribution in [-0.2, 0) is 0 Å². The molecule has 9 heavy (non-hydrogen) atoms. The Labute approximate surface area is 53.3 Å². The quantitative estimate of drug-likeness (QED) is 0.505. The van der Waals surface area contributed by atoms with Crippen molar-refractivity contribution >= 4 is 5.69 Å². The molecule has 1 aromatic rings. The number of rotatable bonds is 0. The van der Waals surface area contributed by atoms with E-state index in [2.05, 4.69) is 0 Å². The van der Waals surface area contributed by atoms with Gasteiger partial charge in [0.1, 0.15) is 5.82 Å². The van der Waals surface area contributed by atoms with Crippen LogP contribution in [0.1, 0.15) is 5.56 Å². The third-order valence-electron chi connectivity index (χ3n) is 1.27. The van der Waals surface area contributed by atoms with E-state index in [0.29, 0.717) is 5.56 Å². The fourth-order valence-corrected chi connectivity index (χ4v) is 0.607. The third-order valence-corrected chi connectivity index (χ3v) is 1.27. The van der Waals surface area contributed by atoms with Gasteiger partial charge in [0.15, 0.2) is 0 Å². The lowest BCUT2D eigenvalue weighted by Gasteiger charge is -1.96. The van der Waals surface area contributed by atoms with Gasteiger partial charge >= 0.3 is 0 Å². The lowest BCUT2D eigenvalue weighted by Crippen LogP contribution is -1.82. The molecule has 0 bridgehead atoms. The Balaban J connectivity index is 3.25. The Morgan fingerprint density at radius 2 is 2.11 bits per heavy atom. The number of hydrogen-bond donors (Lipinski definition) is 0. The summed E-state index contributed by atoms with van der Waals surface area (Å²) in [5.74, 6) is -0.303. The number of benzene rings is 1. The Hall–Kier alpha value is -1.05. The maximum atomic E-state index is 12.5. The predicted molar refractivity (Wildman–Crippen MR) is 33.9 cm³/mol. The zero-order valence-electron chi connectivity index (χ0n) is 5.11. The molecule has 47 valence electrons. The fraction of sp³-hybridized carbons (Fsp3) is 0.143. The zero-order chi connectivity index (χ0) is 6.85. The second kappa shape index (κ2) is 2.05. The minimum Gasteiger partial charge on any atom is -0.301 e. The topological polar surface area (TPSA) is 23.8 Å². The summed E-state index contributed by atoms with van der Waals surface area (Å²) >= 11 is 0. The maximum absolute atomic E-state index is 12.5. The Bertz CT molecular complexity index is 200. The molecule has 0 atom stereocenters. The first-order valence-electron chi connectivity index (χ1n) is 2.68. The van der Waals surface area contributed by atoms with Crippen LogP contribution in [0.25, 0.3) is 0 Å². The number of hydrogen-bond acceptors (Lipinski definition) is 0. The standard InChI is InChI=1S/C7H7FN/c1-5-6(8)3-2-4-7(5)9/h2-4,9H,1H3. The summed E-state index contributed by atoms with van der Waals surface area (Å²) in [7, 11) is 0. The monoisotopic (exact) mass is 124 g/mol. The SMILES string of the molecule is Cc1c([NH])cccc1F. The van der Waals surface area contributed by atoms with Gasteiger partial charge < -0.3 is 5.73 Å². The third kappa shape index (κ3) is 1.02. The molecular weight excluding hydrogens is 117 g/mol. The second-order valence-electron chi connectivity index (χ2n) is 1.91. The van der Waals surface area contributed by atoms with Gasteiger partial charge in [-0.15, -0.1) is 0 Å². The molecule has 0 amide bonds. The minimum atomic E-state index is -0.303. The van der Waals surface area contributed by atoms with Gasteiger partial charge in [-0.2, -0.15) is 0 Å². The van der Waals surface area contributed by atoms with Crippen molar-refractivity contribution < 1.29 is 4.39 Å². The smallest absolute Gasteiger partial charge is 0.128 e. The minimum absolute atomic E-state index is 0.259. The fourth-order valence-electron chi connectivity index (χ4n) is 0.607. The molecule has 1 nitrogen and oxygen atoms in total. The van der Waals surface area contributed by atoms with Crippen molar-refractivity contribution in [3.63, 3.8) is 0 Å². The molecule has 0 saturated carbocycles. The molecular formula is C7H7FN. The van der Waals surface area contributed by atoms with E-state index in [-0.39, 0.29) is 11.5 Å². The Morgan fingerprint density at radius 3 is 2.56 bits per heavy atom. The van der Waals surface area contributed by atoms with Crippen molar-refractivity contribution in [2.75, 3.05) is 0 Å². The van der Waals surface area contributed by atoms with Gasteiger partial charge in [-0.05, 0) is 19.1 Å². The average molecular weight is 124 g/mol. The molecule has 1 rings (SSSR count). The largest absolute Gasteiger partial charge is 0.301 e. The highest BCUT2D eigenvalue weighted by Crippen LogP contribution is 2.14. The molecule has 0 aliphatic heterocycles. The molecule has 0 aromatic heterocycles. The highest BCUT2D eigenvalue weighted by atomic mass is 19.1. The average Bonchev–Trinajstić information content (AvgIpc) is 1.83. The zero-order valence-corrected chi connectivity index (χ0v) is 5.11. The van der Waals surface area contributed by atoms with E-state index in [9.17, 15) is 4.39 Å². The van der Waals surface area contributed by atoms with E-state index in [0.717, 1.165) is 0 Å². The summed E-state index contributed by atoms with van der Waals surface area (Å²) in [6.07, 6.45) is 0. The molecule has 1 aromatic carbocycles. The molecule has 1 N–H and O–H groups in total. The van der Waals surface area contributed by atoms with Gasteiger partial charge in [-0.25, -0.2) is 4.39 Å². The van der Waals surface area contributed by atoms with Crippen LogP contribution in [-0.4, -0.2) is 0 Å². The van der Waals surface area contributed by atoms with E-state index in [1.807, 2.05) is 0 Å². The van der Waals surface area contributed by atoms with E-state index in [1.54, 1.807) is 13.0 Å². The summed E-state index contributed by atoms with van der Waals surface area (Å²) < 4.78 is 12.5. The van der Waals surface area contributed by atoms with Crippen molar-refractivity contribution in [3.8, 4) is 0 Å². The first kappa shape index (κ1) is 6.08. The van der Waals surface area contributed by atoms with Crippen molar-refractivity contribution in [3.05, 3.63) is 29.6 Å². The number of halogens is 1. The molecule has 0 unspecified atom stereocenters. The molecule has 2 heteroatoms. The van der Waals surface area contributed by atoms with Crippen LogP contribution >= 0.6 is 0 Å². The Morgan fingerprint density at radius 1 is 1.44 bits per heavy atom. The van der Waals surface area contributed by atoms with Crippen molar-refractivity contribution in [2.24, 2.45) is 0 Å². The molecule has 0 spiro atoms. The van der Waals surface area contributed by atoms with E-state index in [1.165, 1.54) is 12.1 Å². The van der Waals surface area contributed by atoms with E-state index < -0.39 is 0 Å². The summed E-state index contributed by atoms with van der Waals surface area (Å²) in [4.78, 5) is 0. The van der Waals surface area contributed by atoms with Gasteiger partial charge in [0.25, 0.3) is 0 Å². The first-order valence-corrected chi connectivity index (χ1v) is 2.68. The van der Waals surface area contributed by atoms with Crippen molar-refractivity contribution in [2.45, 2.75) is 6.92 Å². The van der Waals surface area contributed by atoms with Crippen molar-refractivity contribution in [1.29, 1.82) is 0 Å². The van der Waals surface area contributed by atoms with Crippen LogP contribution < -0.4 is 5.73 Å². The molecule has 1 radical (unpaired) electrons. The number of nitrogens with one attached hydrogen (secondary N) is 1. The lowest BCUT2D eigenvalue weighted by molar-refractivity contribution is 0.619. The summed E-state index contributed by atoms with van der Waals surface area (Å²) in [5, 5.41) is 0. The van der Waals surface area contributed by atoms with Crippen LogP contribution in [0.5, 0.6) is 0 Å². The molecule has 0 aliphatic carbocycles. The van der Waals surface area contributed by atoms with Gasteiger partial charge in [0, 0.05) is 5.56 Å². The normalized spacial score (nSPS) is 9.56. The molecule has 0 saturated heterocycles. The van der Waals surface area contributed by atoms with Crippen molar-refractivity contribution in [1.82, 2.24) is 5.73 Å². The molecule has 0 heterocycles. The highest BCUT2D eigenvalue weighted by Gasteiger charge is 1.97. The van der Waals surface area contributed by atoms with Crippen LogP contribution in [0.4, 0.5) is 10.1 Å². The van der Waals surface area contributed by atoms with Crippen LogP contribution in [0, 0.1) is 12.7 Å². The van der Waals surface area contributed by atoms with Crippen LogP contribution in [0.3, 0.4) is 0 Å². The second-order valence-corrected chi connectivity index (χ2v) is 1.91. The summed E-state index contributed by atoms with van der Waals surface area (Å²) in [6.45, 7) is 1.59. The first-order chi connectivity index (χ1) is 4.22. The van der Waals surface area contributed by atoms with E-state index in [4.69, 9.17) is 5.73 Å².